The third kappa shape index (κ3) is 6.57. The van der Waals surface area contributed by atoms with E-state index in [2.05, 4.69) is 5.32 Å². The number of carbonyl (C=O) groups excluding carboxylic acids is 2. The van der Waals surface area contributed by atoms with Crippen LogP contribution in [0.3, 0.4) is 0 Å². The van der Waals surface area contributed by atoms with Crippen molar-refractivity contribution in [3.8, 4) is 0 Å². The molecule has 2 rings (SSSR count). The Hall–Kier alpha value is -2.40. The van der Waals surface area contributed by atoms with Crippen molar-refractivity contribution in [1.29, 1.82) is 0 Å². The monoisotopic (exact) mass is 418 g/mol. The van der Waals surface area contributed by atoms with Crippen LogP contribution >= 0.6 is 11.6 Å². The van der Waals surface area contributed by atoms with Crippen molar-refractivity contribution in [2.75, 3.05) is 6.54 Å². The van der Waals surface area contributed by atoms with Gasteiger partial charge in [-0.3, -0.25) is 9.59 Å². The van der Waals surface area contributed by atoms with E-state index in [0.717, 1.165) is 12.0 Å². The smallest absolute Gasteiger partial charge is 0.242 e. The molecule has 4 nitrogen and oxygen atoms in total. The number of halogens is 2. The second-order valence-corrected chi connectivity index (χ2v) is 7.60. The van der Waals surface area contributed by atoms with E-state index in [1.807, 2.05) is 44.2 Å². The summed E-state index contributed by atoms with van der Waals surface area (Å²) in [7, 11) is 0. The summed E-state index contributed by atoms with van der Waals surface area (Å²) in [6, 6.07) is 13.4. The van der Waals surface area contributed by atoms with Gasteiger partial charge < -0.3 is 10.2 Å². The highest BCUT2D eigenvalue weighted by atomic mass is 35.5. The fourth-order valence-corrected chi connectivity index (χ4v) is 3.22. The van der Waals surface area contributed by atoms with Gasteiger partial charge in [-0.2, -0.15) is 0 Å². The van der Waals surface area contributed by atoms with Crippen LogP contribution < -0.4 is 5.32 Å². The fraction of sp³-hybridized carbons (Fsp3) is 0.391. The molecule has 1 N–H and O–H groups in total. The molecule has 0 bridgehead atoms. The Morgan fingerprint density at radius 1 is 1.10 bits per heavy atom. The molecule has 0 aliphatic carbocycles. The number of nitrogens with zero attached hydrogens (tertiary/aromatic N) is 1. The lowest BCUT2D eigenvalue weighted by atomic mass is 10.1. The molecular formula is C23H28ClFN2O2. The molecule has 2 aromatic rings. The van der Waals surface area contributed by atoms with Crippen molar-refractivity contribution in [3.63, 3.8) is 0 Å². The van der Waals surface area contributed by atoms with Gasteiger partial charge in [-0.05, 0) is 44.4 Å². The van der Waals surface area contributed by atoms with Crippen molar-refractivity contribution in [1.82, 2.24) is 10.2 Å². The van der Waals surface area contributed by atoms with Crippen LogP contribution in [0.25, 0.3) is 0 Å². The molecule has 0 fully saturated rings. The van der Waals surface area contributed by atoms with Crippen LogP contribution in [0.2, 0.25) is 5.02 Å². The predicted molar refractivity (Wildman–Crippen MR) is 114 cm³/mol. The number of carbonyl (C=O) groups is 2. The molecule has 0 heterocycles. The van der Waals surface area contributed by atoms with E-state index in [4.69, 9.17) is 11.6 Å². The largest absolute Gasteiger partial charge is 0.352 e. The zero-order valence-electron chi connectivity index (χ0n) is 17.1. The second-order valence-electron chi connectivity index (χ2n) is 7.19. The molecule has 156 valence electrons. The molecule has 0 aliphatic heterocycles. The second kappa shape index (κ2) is 11.0. The van der Waals surface area contributed by atoms with Crippen molar-refractivity contribution in [3.05, 3.63) is 70.5 Å². The van der Waals surface area contributed by atoms with Gasteiger partial charge in [0.1, 0.15) is 11.9 Å². The Bertz CT molecular complexity index is 809. The molecule has 0 aliphatic rings. The van der Waals surface area contributed by atoms with Crippen LogP contribution in [0.1, 0.15) is 38.3 Å². The summed E-state index contributed by atoms with van der Waals surface area (Å²) >= 11 is 6.09. The highest BCUT2D eigenvalue weighted by Crippen LogP contribution is 2.21. The Labute approximate surface area is 177 Å². The summed E-state index contributed by atoms with van der Waals surface area (Å²) in [6.45, 7) is 5.95. The summed E-state index contributed by atoms with van der Waals surface area (Å²) < 4.78 is 14.2. The molecule has 0 aromatic heterocycles. The summed E-state index contributed by atoms with van der Waals surface area (Å²) in [4.78, 5) is 27.2. The highest BCUT2D eigenvalue weighted by Gasteiger charge is 2.27. The molecule has 6 heteroatoms. The van der Waals surface area contributed by atoms with E-state index in [0.29, 0.717) is 13.0 Å². The highest BCUT2D eigenvalue weighted by molar-refractivity contribution is 6.31. The Balaban J connectivity index is 2.20. The van der Waals surface area contributed by atoms with Crippen molar-refractivity contribution in [2.45, 2.75) is 52.1 Å². The van der Waals surface area contributed by atoms with Gasteiger partial charge in [-0.25, -0.2) is 4.39 Å². The van der Waals surface area contributed by atoms with Gasteiger partial charge >= 0.3 is 0 Å². The average molecular weight is 419 g/mol. The van der Waals surface area contributed by atoms with Gasteiger partial charge in [0.25, 0.3) is 0 Å². The Morgan fingerprint density at radius 2 is 1.79 bits per heavy atom. The molecule has 29 heavy (non-hydrogen) atoms. The number of benzene rings is 2. The van der Waals surface area contributed by atoms with Crippen molar-refractivity contribution < 1.29 is 14.0 Å². The number of hydrogen-bond donors (Lipinski definition) is 1. The van der Waals surface area contributed by atoms with Gasteiger partial charge in [0.15, 0.2) is 0 Å². The number of rotatable bonds is 9. The zero-order valence-corrected chi connectivity index (χ0v) is 17.9. The minimum Gasteiger partial charge on any atom is -0.352 e. The first-order valence-corrected chi connectivity index (χ1v) is 10.3. The maximum absolute atomic E-state index is 14.2. The van der Waals surface area contributed by atoms with Gasteiger partial charge in [0.2, 0.25) is 11.8 Å². The van der Waals surface area contributed by atoms with E-state index in [-0.39, 0.29) is 34.9 Å². The lowest BCUT2D eigenvalue weighted by Crippen LogP contribution is -2.51. The van der Waals surface area contributed by atoms with Gasteiger partial charge in [-0.15, -0.1) is 0 Å². The minimum atomic E-state index is -0.675. The van der Waals surface area contributed by atoms with Crippen LogP contribution in [-0.2, 0) is 22.4 Å². The topological polar surface area (TPSA) is 49.4 Å². The third-order valence-corrected chi connectivity index (χ3v) is 5.40. The standard InChI is InChI=1S/C23H28ClFN2O2/c1-4-16(2)26-23(29)17(3)27(14-13-18-9-6-5-7-10-18)22(28)15-19-20(24)11-8-12-21(19)25/h5-12,16-17H,4,13-15H2,1-3H3,(H,26,29)/t16-,17+/m1/s1. The lowest BCUT2D eigenvalue weighted by molar-refractivity contribution is -0.139. The molecule has 2 atom stereocenters. The summed E-state index contributed by atoms with van der Waals surface area (Å²) in [5.74, 6) is -1.08. The summed E-state index contributed by atoms with van der Waals surface area (Å²) in [6.07, 6.45) is 1.20. The molecule has 0 saturated carbocycles. The quantitative estimate of drug-likeness (QED) is 0.656. The Morgan fingerprint density at radius 3 is 2.41 bits per heavy atom. The van der Waals surface area contributed by atoms with Crippen molar-refractivity contribution in [2.24, 2.45) is 0 Å². The number of hydrogen-bond acceptors (Lipinski definition) is 2. The third-order valence-electron chi connectivity index (χ3n) is 5.04. The van der Waals surface area contributed by atoms with Crippen LogP contribution in [0, 0.1) is 5.82 Å². The zero-order chi connectivity index (χ0) is 21.4. The SMILES string of the molecule is CC[C@@H](C)NC(=O)[C@H](C)N(CCc1ccccc1)C(=O)Cc1c(F)cccc1Cl. The van der Waals surface area contributed by atoms with Gasteiger partial charge in [0, 0.05) is 23.2 Å². The van der Waals surface area contributed by atoms with Crippen molar-refractivity contribution >= 4 is 23.4 Å². The van der Waals surface area contributed by atoms with E-state index in [1.165, 1.54) is 17.0 Å². The van der Waals surface area contributed by atoms with E-state index < -0.39 is 11.9 Å². The van der Waals surface area contributed by atoms with Crippen LogP contribution in [0.15, 0.2) is 48.5 Å². The van der Waals surface area contributed by atoms with Gasteiger partial charge in [-0.1, -0.05) is 54.9 Å². The average Bonchev–Trinajstić information content (AvgIpc) is 2.71. The molecule has 2 amide bonds. The Kier molecular flexibility index (Phi) is 8.65. The van der Waals surface area contributed by atoms with Gasteiger partial charge in [0.05, 0.1) is 6.42 Å². The molecule has 0 spiro atoms. The normalized spacial score (nSPS) is 12.9. The molecule has 0 unspecified atom stereocenters. The van der Waals surface area contributed by atoms with Crippen LogP contribution in [0.4, 0.5) is 4.39 Å². The minimum absolute atomic E-state index is 0.0111. The molecule has 2 aromatic carbocycles. The molecule has 0 saturated heterocycles. The maximum Gasteiger partial charge on any atom is 0.242 e. The fourth-order valence-electron chi connectivity index (χ4n) is 2.99. The van der Waals surface area contributed by atoms with E-state index in [1.54, 1.807) is 13.0 Å². The lowest BCUT2D eigenvalue weighted by Gasteiger charge is -2.30. The molecular weight excluding hydrogens is 391 g/mol. The van der Waals surface area contributed by atoms with E-state index in [9.17, 15) is 14.0 Å². The number of amides is 2. The van der Waals surface area contributed by atoms with Crippen LogP contribution in [-0.4, -0.2) is 35.3 Å². The first kappa shape index (κ1) is 22.9. The summed E-state index contributed by atoms with van der Waals surface area (Å²) in [5, 5.41) is 3.12. The molecule has 0 radical (unpaired) electrons. The predicted octanol–water partition coefficient (Wildman–Crippen LogP) is 4.40. The number of nitrogens with one attached hydrogen (secondary N) is 1. The van der Waals surface area contributed by atoms with E-state index >= 15 is 0 Å². The summed E-state index contributed by atoms with van der Waals surface area (Å²) in [5.41, 5.74) is 1.21. The maximum atomic E-state index is 14.2. The first-order chi connectivity index (χ1) is 13.8. The van der Waals surface area contributed by atoms with Crippen LogP contribution in [0.5, 0.6) is 0 Å². The first-order valence-electron chi connectivity index (χ1n) is 9.90.